The number of nitrogens with zero attached hydrogens (tertiary/aromatic N) is 4. The first kappa shape index (κ1) is 23.8. The lowest BCUT2D eigenvalue weighted by atomic mass is 10.1. The lowest BCUT2D eigenvalue weighted by Gasteiger charge is -2.13. The number of anilines is 4. The molecule has 1 amide bonds. The first-order chi connectivity index (χ1) is 14.9. The smallest absolute Gasteiger partial charge is 0.305 e. The summed E-state index contributed by atoms with van der Waals surface area (Å²) in [6.07, 6.45) is 4.05. The van der Waals surface area contributed by atoms with Crippen LogP contribution < -0.4 is 20.9 Å². The maximum atomic E-state index is 12.8. The van der Waals surface area contributed by atoms with E-state index in [9.17, 15) is 9.59 Å². The Morgan fingerprint density at radius 3 is 2.39 bits per heavy atom. The zero-order valence-corrected chi connectivity index (χ0v) is 18.6. The molecule has 0 unspecified atom stereocenters. The van der Waals surface area contributed by atoms with E-state index in [2.05, 4.69) is 35.9 Å². The van der Waals surface area contributed by atoms with Crippen LogP contribution in [-0.2, 0) is 9.53 Å². The molecule has 0 saturated heterocycles. The zero-order valence-electron chi connectivity index (χ0n) is 18.6. The van der Waals surface area contributed by atoms with Gasteiger partial charge in [-0.25, -0.2) is 4.98 Å². The van der Waals surface area contributed by atoms with Crippen molar-refractivity contribution >= 4 is 35.1 Å². The Hall–Kier alpha value is -3.43. The van der Waals surface area contributed by atoms with Gasteiger partial charge in [-0.3, -0.25) is 9.59 Å². The number of aromatic nitrogens is 3. The van der Waals surface area contributed by atoms with Gasteiger partial charge in [0.25, 0.3) is 5.91 Å². The summed E-state index contributed by atoms with van der Waals surface area (Å²) in [6, 6.07) is 6.95. The monoisotopic (exact) mass is 429 g/mol. The largest absolute Gasteiger partial charge is 0.469 e. The van der Waals surface area contributed by atoms with Gasteiger partial charge in [-0.05, 0) is 37.1 Å². The van der Waals surface area contributed by atoms with Gasteiger partial charge in [0.1, 0.15) is 11.6 Å². The summed E-state index contributed by atoms with van der Waals surface area (Å²) in [5.74, 6) is 1.73. The van der Waals surface area contributed by atoms with Gasteiger partial charge in [-0.15, -0.1) is 10.2 Å². The van der Waals surface area contributed by atoms with E-state index in [4.69, 9.17) is 0 Å². The van der Waals surface area contributed by atoms with Crippen LogP contribution in [0.5, 0.6) is 0 Å². The average molecular weight is 430 g/mol. The molecule has 0 fully saturated rings. The molecule has 3 N–H and O–H groups in total. The Kier molecular flexibility index (Phi) is 9.47. The number of rotatable bonds is 12. The molecule has 0 aliphatic rings. The number of ether oxygens (including phenoxy) is 1. The summed E-state index contributed by atoms with van der Waals surface area (Å²) < 4.78 is 4.64. The van der Waals surface area contributed by atoms with E-state index in [1.54, 1.807) is 31.3 Å². The summed E-state index contributed by atoms with van der Waals surface area (Å²) >= 11 is 0. The van der Waals surface area contributed by atoms with Crippen LogP contribution in [0.3, 0.4) is 0 Å². The summed E-state index contributed by atoms with van der Waals surface area (Å²) in [6.45, 7) is 0.663. The molecule has 2 heterocycles. The van der Waals surface area contributed by atoms with Crippen molar-refractivity contribution in [2.75, 3.05) is 55.6 Å². The first-order valence-corrected chi connectivity index (χ1v) is 10.3. The molecule has 0 atom stereocenters. The van der Waals surface area contributed by atoms with Crippen molar-refractivity contribution in [3.8, 4) is 0 Å². The highest BCUT2D eigenvalue weighted by molar-refractivity contribution is 6.07. The number of pyridine rings is 1. The molecule has 2 aromatic heterocycles. The predicted molar refractivity (Wildman–Crippen MR) is 122 cm³/mol. The Morgan fingerprint density at radius 1 is 1.00 bits per heavy atom. The van der Waals surface area contributed by atoms with E-state index < -0.39 is 0 Å². The third-order valence-corrected chi connectivity index (χ3v) is 4.57. The van der Waals surface area contributed by atoms with E-state index >= 15 is 0 Å². The minimum absolute atomic E-state index is 0.178. The van der Waals surface area contributed by atoms with Crippen molar-refractivity contribution in [2.24, 2.45) is 0 Å². The number of amides is 1. The van der Waals surface area contributed by atoms with Crippen LogP contribution in [0.15, 0.2) is 24.3 Å². The number of nitrogens with one attached hydrogen (secondary N) is 3. The van der Waals surface area contributed by atoms with Gasteiger partial charge in [0, 0.05) is 34.1 Å². The van der Waals surface area contributed by atoms with Gasteiger partial charge in [0.15, 0.2) is 11.6 Å². The maximum absolute atomic E-state index is 12.8. The molecule has 0 radical (unpaired) electrons. The van der Waals surface area contributed by atoms with Crippen LogP contribution >= 0.6 is 0 Å². The molecule has 0 spiro atoms. The van der Waals surface area contributed by atoms with Crippen LogP contribution in [0.4, 0.5) is 23.3 Å². The van der Waals surface area contributed by atoms with E-state index in [1.807, 2.05) is 19.0 Å². The molecule has 0 bridgehead atoms. The molecule has 0 aliphatic carbocycles. The van der Waals surface area contributed by atoms with Crippen LogP contribution in [0, 0.1) is 0 Å². The Bertz CT molecular complexity index is 857. The molecule has 10 nitrogen and oxygen atoms in total. The van der Waals surface area contributed by atoms with Crippen molar-refractivity contribution < 1.29 is 14.3 Å². The lowest BCUT2D eigenvalue weighted by Crippen LogP contribution is -2.18. The number of hydrogen-bond acceptors (Lipinski definition) is 9. The number of methoxy groups -OCH3 is 1. The minimum Gasteiger partial charge on any atom is -0.469 e. The molecule has 0 saturated carbocycles. The molecular formula is C21H31N7O3. The van der Waals surface area contributed by atoms with Crippen LogP contribution in [0.1, 0.15) is 42.5 Å². The van der Waals surface area contributed by atoms with E-state index in [1.165, 1.54) is 7.11 Å². The molecule has 31 heavy (non-hydrogen) atoms. The van der Waals surface area contributed by atoms with E-state index in [0.717, 1.165) is 25.7 Å². The van der Waals surface area contributed by atoms with Gasteiger partial charge in [0.05, 0.1) is 12.7 Å². The molecule has 2 aromatic rings. The van der Waals surface area contributed by atoms with Crippen LogP contribution in [0.25, 0.3) is 0 Å². The number of unbranched alkanes of at least 4 members (excludes halogenated alkanes) is 3. The summed E-state index contributed by atoms with van der Waals surface area (Å²) in [7, 11) is 6.91. The second kappa shape index (κ2) is 12.3. The van der Waals surface area contributed by atoms with Crippen molar-refractivity contribution in [1.29, 1.82) is 0 Å². The average Bonchev–Trinajstić information content (AvgIpc) is 2.78. The number of hydrogen-bond donors (Lipinski definition) is 3. The second-order valence-corrected chi connectivity index (χ2v) is 7.14. The Labute approximate surface area is 182 Å². The fourth-order valence-electron chi connectivity index (χ4n) is 2.79. The van der Waals surface area contributed by atoms with Crippen LogP contribution in [0.2, 0.25) is 0 Å². The summed E-state index contributed by atoms with van der Waals surface area (Å²) in [4.78, 5) is 30.2. The van der Waals surface area contributed by atoms with Gasteiger partial charge in [-0.1, -0.05) is 12.8 Å². The number of carbonyl (C=O) groups excluding carboxylic acids is 2. The van der Waals surface area contributed by atoms with Gasteiger partial charge in [-0.2, -0.15) is 0 Å². The molecule has 0 aliphatic heterocycles. The number of esters is 1. The number of carbonyl (C=O) groups is 2. The highest BCUT2D eigenvalue weighted by Gasteiger charge is 2.15. The fourth-order valence-corrected chi connectivity index (χ4v) is 2.79. The summed E-state index contributed by atoms with van der Waals surface area (Å²) in [5, 5.41) is 17.1. The molecular weight excluding hydrogens is 398 g/mol. The first-order valence-electron chi connectivity index (χ1n) is 10.3. The van der Waals surface area contributed by atoms with E-state index in [0.29, 0.717) is 41.8 Å². The summed E-state index contributed by atoms with van der Waals surface area (Å²) in [5.41, 5.74) is 0.420. The minimum atomic E-state index is -0.317. The Balaban J connectivity index is 1.93. The fraction of sp³-hybridized carbons (Fsp3) is 0.476. The normalized spacial score (nSPS) is 10.3. The molecule has 0 aromatic carbocycles. The third kappa shape index (κ3) is 7.72. The molecule has 2 rings (SSSR count). The Morgan fingerprint density at radius 2 is 1.74 bits per heavy atom. The topological polar surface area (TPSA) is 121 Å². The lowest BCUT2D eigenvalue weighted by molar-refractivity contribution is -0.140. The highest BCUT2D eigenvalue weighted by atomic mass is 16.5. The van der Waals surface area contributed by atoms with Crippen LogP contribution in [-0.4, -0.2) is 61.9 Å². The van der Waals surface area contributed by atoms with Gasteiger partial charge in [0.2, 0.25) is 0 Å². The van der Waals surface area contributed by atoms with Crippen molar-refractivity contribution in [3.05, 3.63) is 29.8 Å². The molecule has 168 valence electrons. The highest BCUT2D eigenvalue weighted by Crippen LogP contribution is 2.19. The van der Waals surface area contributed by atoms with Gasteiger partial charge < -0.3 is 25.6 Å². The van der Waals surface area contributed by atoms with Gasteiger partial charge >= 0.3 is 5.97 Å². The SMILES string of the molecule is CNc1ccc(C(=O)Nc2ccc(N(C)C)nn2)c(NCCCCCCC(=O)OC)n1. The molecule has 10 heteroatoms. The maximum Gasteiger partial charge on any atom is 0.305 e. The van der Waals surface area contributed by atoms with Crippen molar-refractivity contribution in [3.63, 3.8) is 0 Å². The quantitative estimate of drug-likeness (QED) is 0.345. The predicted octanol–water partition coefficient (Wildman–Crippen LogP) is 2.77. The van der Waals surface area contributed by atoms with Crippen molar-refractivity contribution in [2.45, 2.75) is 32.1 Å². The standard InChI is InChI=1S/C21H31N7O3/c1-22-16-11-10-15(21(30)25-17-12-13-18(27-26-17)28(2)3)20(24-16)23-14-8-6-5-7-9-19(29)31-4/h10-13H,5-9,14H2,1-4H3,(H2,22,23,24)(H,25,26,30). The van der Waals surface area contributed by atoms with Crippen molar-refractivity contribution in [1.82, 2.24) is 15.2 Å². The third-order valence-electron chi connectivity index (χ3n) is 4.57. The zero-order chi connectivity index (χ0) is 22.6. The van der Waals surface area contributed by atoms with E-state index in [-0.39, 0.29) is 11.9 Å². The second-order valence-electron chi connectivity index (χ2n) is 7.14.